The summed E-state index contributed by atoms with van der Waals surface area (Å²) in [5.41, 5.74) is 0. The predicted octanol–water partition coefficient (Wildman–Crippen LogP) is 0.770. The molecule has 4 heteroatoms. The van der Waals surface area contributed by atoms with E-state index in [4.69, 9.17) is 9.47 Å². The van der Waals surface area contributed by atoms with Crippen LogP contribution in [0.25, 0.3) is 0 Å². The quantitative estimate of drug-likeness (QED) is 0.617. The Bertz CT molecular complexity index is 204. The Balaban J connectivity index is 1.43. The lowest BCUT2D eigenvalue weighted by atomic mass is 10.1. The van der Waals surface area contributed by atoms with Crippen LogP contribution in [-0.4, -0.2) is 51.6 Å². The van der Waals surface area contributed by atoms with Crippen LogP contribution in [0.4, 0.5) is 0 Å². The molecule has 4 nitrogen and oxygen atoms in total. The first-order valence-electron chi connectivity index (χ1n) is 6.97. The third-order valence-electron chi connectivity index (χ3n) is 3.43. The highest BCUT2D eigenvalue weighted by Crippen LogP contribution is 2.28. The standard InChI is InChI=1S/C13H26N2O2/c1-11(8-13-10-17-7-5-15-13)14-4-6-16-9-12-2-3-12/h11-15H,2-10H2,1H3. The zero-order valence-electron chi connectivity index (χ0n) is 10.9. The lowest BCUT2D eigenvalue weighted by Crippen LogP contribution is -2.45. The molecule has 2 unspecified atom stereocenters. The molecule has 1 saturated heterocycles. The molecule has 2 fully saturated rings. The molecule has 0 aromatic carbocycles. The van der Waals surface area contributed by atoms with Gasteiger partial charge in [-0.2, -0.15) is 0 Å². The maximum atomic E-state index is 5.60. The molecule has 0 radical (unpaired) electrons. The van der Waals surface area contributed by atoms with Crippen LogP contribution in [-0.2, 0) is 9.47 Å². The van der Waals surface area contributed by atoms with Gasteiger partial charge in [-0.05, 0) is 32.1 Å². The number of nitrogens with one attached hydrogen (secondary N) is 2. The van der Waals surface area contributed by atoms with E-state index in [0.29, 0.717) is 12.1 Å². The first-order chi connectivity index (χ1) is 8.34. The van der Waals surface area contributed by atoms with E-state index in [2.05, 4.69) is 17.6 Å². The lowest BCUT2D eigenvalue weighted by Gasteiger charge is -2.26. The molecule has 1 aliphatic carbocycles. The second-order valence-corrected chi connectivity index (χ2v) is 5.34. The maximum Gasteiger partial charge on any atom is 0.0620 e. The van der Waals surface area contributed by atoms with Crippen LogP contribution in [0.1, 0.15) is 26.2 Å². The van der Waals surface area contributed by atoms with Gasteiger partial charge in [0.25, 0.3) is 0 Å². The molecule has 2 aliphatic rings. The highest BCUT2D eigenvalue weighted by molar-refractivity contribution is 4.76. The summed E-state index contributed by atoms with van der Waals surface area (Å²) in [6.45, 7) is 7.70. The van der Waals surface area contributed by atoms with Crippen molar-refractivity contribution in [2.24, 2.45) is 5.92 Å². The monoisotopic (exact) mass is 242 g/mol. The van der Waals surface area contributed by atoms with Crippen molar-refractivity contribution < 1.29 is 9.47 Å². The second kappa shape index (κ2) is 7.31. The van der Waals surface area contributed by atoms with Crippen LogP contribution >= 0.6 is 0 Å². The fourth-order valence-electron chi connectivity index (χ4n) is 2.19. The summed E-state index contributed by atoms with van der Waals surface area (Å²) in [6.07, 6.45) is 3.87. The topological polar surface area (TPSA) is 42.5 Å². The van der Waals surface area contributed by atoms with Crippen molar-refractivity contribution >= 4 is 0 Å². The van der Waals surface area contributed by atoms with Gasteiger partial charge < -0.3 is 20.1 Å². The van der Waals surface area contributed by atoms with E-state index >= 15 is 0 Å². The van der Waals surface area contributed by atoms with Crippen molar-refractivity contribution in [3.8, 4) is 0 Å². The largest absolute Gasteiger partial charge is 0.380 e. The van der Waals surface area contributed by atoms with Gasteiger partial charge in [-0.15, -0.1) is 0 Å². The summed E-state index contributed by atoms with van der Waals surface area (Å²) in [7, 11) is 0. The molecule has 0 aromatic rings. The van der Waals surface area contributed by atoms with Crippen LogP contribution < -0.4 is 10.6 Å². The van der Waals surface area contributed by atoms with Gasteiger partial charge in [0.05, 0.1) is 19.8 Å². The highest BCUT2D eigenvalue weighted by atomic mass is 16.5. The van der Waals surface area contributed by atoms with E-state index in [1.807, 2.05) is 0 Å². The van der Waals surface area contributed by atoms with Crippen molar-refractivity contribution in [2.45, 2.75) is 38.3 Å². The van der Waals surface area contributed by atoms with Crippen LogP contribution in [0.2, 0.25) is 0 Å². The number of hydrogen-bond donors (Lipinski definition) is 2. The van der Waals surface area contributed by atoms with Crippen molar-refractivity contribution in [3.63, 3.8) is 0 Å². The van der Waals surface area contributed by atoms with Crippen LogP contribution in [0.3, 0.4) is 0 Å². The molecule has 2 N–H and O–H groups in total. The first kappa shape index (κ1) is 13.3. The Labute approximate surface area is 104 Å². The molecule has 0 spiro atoms. The van der Waals surface area contributed by atoms with E-state index in [1.54, 1.807) is 0 Å². The number of rotatable bonds is 8. The van der Waals surface area contributed by atoms with Crippen molar-refractivity contribution in [2.75, 3.05) is 39.5 Å². The van der Waals surface area contributed by atoms with E-state index in [-0.39, 0.29) is 0 Å². The fraction of sp³-hybridized carbons (Fsp3) is 1.00. The minimum Gasteiger partial charge on any atom is -0.380 e. The summed E-state index contributed by atoms with van der Waals surface area (Å²) >= 11 is 0. The van der Waals surface area contributed by atoms with Gasteiger partial charge >= 0.3 is 0 Å². The molecule has 2 atom stereocenters. The van der Waals surface area contributed by atoms with E-state index in [0.717, 1.165) is 51.9 Å². The smallest absolute Gasteiger partial charge is 0.0620 e. The predicted molar refractivity (Wildman–Crippen MR) is 68.2 cm³/mol. The molecular weight excluding hydrogens is 216 g/mol. The average Bonchev–Trinajstić information content (AvgIpc) is 3.14. The zero-order valence-corrected chi connectivity index (χ0v) is 10.9. The minimum atomic E-state index is 0.513. The summed E-state index contributed by atoms with van der Waals surface area (Å²) in [4.78, 5) is 0. The molecule has 17 heavy (non-hydrogen) atoms. The Hall–Kier alpha value is -0.160. The molecular formula is C13H26N2O2. The summed E-state index contributed by atoms with van der Waals surface area (Å²) in [5, 5.41) is 6.98. The zero-order chi connectivity index (χ0) is 11.9. The van der Waals surface area contributed by atoms with Gasteiger partial charge in [0.15, 0.2) is 0 Å². The highest BCUT2D eigenvalue weighted by Gasteiger charge is 2.21. The van der Waals surface area contributed by atoms with Crippen LogP contribution in [0, 0.1) is 5.92 Å². The summed E-state index contributed by atoms with van der Waals surface area (Å²) in [5.74, 6) is 0.871. The SMILES string of the molecule is CC(CC1COCCN1)NCCOCC1CC1. The van der Waals surface area contributed by atoms with Gasteiger partial charge in [0.1, 0.15) is 0 Å². The Morgan fingerprint density at radius 3 is 3.06 bits per heavy atom. The van der Waals surface area contributed by atoms with Crippen LogP contribution in [0.15, 0.2) is 0 Å². The Morgan fingerprint density at radius 1 is 1.47 bits per heavy atom. The third-order valence-corrected chi connectivity index (χ3v) is 3.43. The van der Waals surface area contributed by atoms with Gasteiger partial charge in [-0.1, -0.05) is 0 Å². The van der Waals surface area contributed by atoms with Crippen molar-refractivity contribution in [3.05, 3.63) is 0 Å². The van der Waals surface area contributed by atoms with Gasteiger partial charge in [-0.25, -0.2) is 0 Å². The van der Waals surface area contributed by atoms with E-state index < -0.39 is 0 Å². The number of hydrogen-bond acceptors (Lipinski definition) is 4. The normalized spacial score (nSPS) is 27.0. The van der Waals surface area contributed by atoms with Crippen molar-refractivity contribution in [1.82, 2.24) is 10.6 Å². The average molecular weight is 242 g/mol. The molecule has 1 saturated carbocycles. The molecule has 2 rings (SSSR count). The molecule has 0 bridgehead atoms. The molecule has 100 valence electrons. The second-order valence-electron chi connectivity index (χ2n) is 5.34. The minimum absolute atomic E-state index is 0.513. The Morgan fingerprint density at radius 2 is 2.35 bits per heavy atom. The molecule has 0 aromatic heterocycles. The van der Waals surface area contributed by atoms with E-state index in [1.165, 1.54) is 12.8 Å². The number of morpholine rings is 1. The van der Waals surface area contributed by atoms with Gasteiger partial charge in [0, 0.05) is 31.8 Å². The molecule has 0 amide bonds. The lowest BCUT2D eigenvalue weighted by molar-refractivity contribution is 0.0703. The van der Waals surface area contributed by atoms with Crippen molar-refractivity contribution in [1.29, 1.82) is 0 Å². The summed E-state index contributed by atoms with van der Waals surface area (Å²) < 4.78 is 11.0. The fourth-order valence-corrected chi connectivity index (χ4v) is 2.19. The Kier molecular flexibility index (Phi) is 5.71. The summed E-state index contributed by atoms with van der Waals surface area (Å²) in [6, 6.07) is 1.04. The number of ether oxygens (including phenoxy) is 2. The maximum absolute atomic E-state index is 5.60. The van der Waals surface area contributed by atoms with E-state index in [9.17, 15) is 0 Å². The van der Waals surface area contributed by atoms with Crippen LogP contribution in [0.5, 0.6) is 0 Å². The third kappa shape index (κ3) is 5.82. The van der Waals surface area contributed by atoms with Gasteiger partial charge in [0.2, 0.25) is 0 Å². The molecule has 1 heterocycles. The molecule has 1 aliphatic heterocycles. The first-order valence-corrected chi connectivity index (χ1v) is 6.97. The van der Waals surface area contributed by atoms with Gasteiger partial charge in [-0.3, -0.25) is 0 Å².